The molecule has 104 valence electrons. The minimum atomic E-state index is -0.410. The topological polar surface area (TPSA) is 67.6 Å². The van der Waals surface area contributed by atoms with Crippen LogP contribution in [0.3, 0.4) is 0 Å². The van der Waals surface area contributed by atoms with E-state index in [1.54, 1.807) is 24.1 Å². The second-order valence-corrected chi connectivity index (χ2v) is 5.17. The van der Waals surface area contributed by atoms with Crippen LogP contribution in [0.25, 0.3) is 0 Å². The number of carbonyl (C=O) groups excluding carboxylic acids is 1. The summed E-state index contributed by atoms with van der Waals surface area (Å²) >= 11 is 12.0. The number of nitrogens with zero attached hydrogens (tertiary/aromatic N) is 1. The normalized spacial score (nSPS) is 17.4. The molecule has 1 aliphatic rings. The molecule has 1 amide bonds. The Morgan fingerprint density at radius 2 is 2.11 bits per heavy atom. The smallest absolute Gasteiger partial charge is 0.243 e. The minimum Gasteiger partial charge on any atom is -0.399 e. The van der Waals surface area contributed by atoms with Crippen LogP contribution < -0.4 is 11.1 Å². The molecule has 0 saturated carbocycles. The van der Waals surface area contributed by atoms with Crippen molar-refractivity contribution < 1.29 is 9.63 Å². The van der Waals surface area contributed by atoms with Gasteiger partial charge in [0.15, 0.2) is 0 Å². The Morgan fingerprint density at radius 1 is 1.47 bits per heavy atom. The van der Waals surface area contributed by atoms with Gasteiger partial charge in [-0.15, -0.1) is 0 Å². The Labute approximate surface area is 121 Å². The first-order valence-corrected chi connectivity index (χ1v) is 6.69. The summed E-state index contributed by atoms with van der Waals surface area (Å²) in [5.41, 5.74) is 6.43. The summed E-state index contributed by atoms with van der Waals surface area (Å²) in [6.07, 6.45) is 0.918. The van der Waals surface area contributed by atoms with Crippen LogP contribution in [0.4, 0.5) is 11.4 Å². The number of carbonyl (C=O) groups is 1. The monoisotopic (exact) mass is 303 g/mol. The van der Waals surface area contributed by atoms with Crippen LogP contribution in [0.5, 0.6) is 0 Å². The van der Waals surface area contributed by atoms with E-state index in [2.05, 4.69) is 5.32 Å². The molecule has 7 heteroatoms. The number of nitrogen functional groups attached to an aromatic ring is 1. The quantitative estimate of drug-likeness (QED) is 0.842. The second-order valence-electron chi connectivity index (χ2n) is 4.35. The lowest BCUT2D eigenvalue weighted by Crippen LogP contribution is -2.39. The summed E-state index contributed by atoms with van der Waals surface area (Å²) in [6.45, 7) is 3.14. The van der Waals surface area contributed by atoms with E-state index in [4.69, 9.17) is 33.8 Å². The Balaban J connectivity index is 2.10. The van der Waals surface area contributed by atoms with Crippen molar-refractivity contribution in [2.24, 2.45) is 0 Å². The summed E-state index contributed by atoms with van der Waals surface area (Å²) < 4.78 is 0. The minimum absolute atomic E-state index is 0.226. The predicted octanol–water partition coefficient (Wildman–Crippen LogP) is 2.54. The molecule has 0 spiro atoms. The van der Waals surface area contributed by atoms with E-state index in [0.717, 1.165) is 13.0 Å². The number of nitrogens with one attached hydrogen (secondary N) is 1. The van der Waals surface area contributed by atoms with Gasteiger partial charge < -0.3 is 11.1 Å². The zero-order valence-corrected chi connectivity index (χ0v) is 12.0. The standard InChI is InChI=1S/C12H15Cl2N3O2/c1-7(17-3-2-4-19-17)12(18)16-11-9(13)5-8(15)6-10(11)14/h5-7H,2-4,15H2,1H3,(H,16,18). The first-order chi connectivity index (χ1) is 8.99. The molecule has 1 fully saturated rings. The van der Waals surface area contributed by atoms with Gasteiger partial charge in [-0.1, -0.05) is 23.2 Å². The van der Waals surface area contributed by atoms with Crippen LogP contribution in [0.1, 0.15) is 13.3 Å². The largest absolute Gasteiger partial charge is 0.399 e. The van der Waals surface area contributed by atoms with Crippen molar-refractivity contribution in [1.82, 2.24) is 5.06 Å². The fourth-order valence-corrected chi connectivity index (χ4v) is 2.44. The van der Waals surface area contributed by atoms with E-state index in [0.29, 0.717) is 28.0 Å². The van der Waals surface area contributed by atoms with Gasteiger partial charge in [-0.2, -0.15) is 5.06 Å². The van der Waals surface area contributed by atoms with Gasteiger partial charge in [0.25, 0.3) is 0 Å². The molecule has 5 nitrogen and oxygen atoms in total. The number of hydrogen-bond acceptors (Lipinski definition) is 4. The molecule has 1 heterocycles. The molecule has 3 N–H and O–H groups in total. The molecule has 1 aromatic rings. The van der Waals surface area contributed by atoms with Crippen LogP contribution in [0.2, 0.25) is 10.0 Å². The van der Waals surface area contributed by atoms with Gasteiger partial charge >= 0.3 is 0 Å². The molecule has 2 rings (SSSR count). The van der Waals surface area contributed by atoms with Crippen LogP contribution in [0, 0.1) is 0 Å². The van der Waals surface area contributed by atoms with Gasteiger partial charge in [0.05, 0.1) is 22.3 Å². The third kappa shape index (κ3) is 3.30. The number of anilines is 2. The highest BCUT2D eigenvalue weighted by atomic mass is 35.5. The predicted molar refractivity (Wildman–Crippen MR) is 76.2 cm³/mol. The number of rotatable bonds is 3. The highest BCUT2D eigenvalue weighted by Gasteiger charge is 2.26. The Morgan fingerprint density at radius 3 is 2.63 bits per heavy atom. The number of amides is 1. The Kier molecular flexibility index (Phi) is 4.52. The van der Waals surface area contributed by atoms with Crippen LogP contribution in [0.15, 0.2) is 12.1 Å². The Bertz CT molecular complexity index is 467. The molecule has 19 heavy (non-hydrogen) atoms. The van der Waals surface area contributed by atoms with Crippen LogP contribution >= 0.6 is 23.2 Å². The van der Waals surface area contributed by atoms with Crippen molar-refractivity contribution in [3.05, 3.63) is 22.2 Å². The van der Waals surface area contributed by atoms with Gasteiger partial charge in [0, 0.05) is 12.2 Å². The van der Waals surface area contributed by atoms with Crippen molar-refractivity contribution in [1.29, 1.82) is 0 Å². The van der Waals surface area contributed by atoms with E-state index >= 15 is 0 Å². The zero-order chi connectivity index (χ0) is 14.0. The lowest BCUT2D eigenvalue weighted by Gasteiger charge is -2.22. The lowest BCUT2D eigenvalue weighted by atomic mass is 10.2. The van der Waals surface area contributed by atoms with E-state index in [1.807, 2.05) is 0 Å². The fraction of sp³-hybridized carbons (Fsp3) is 0.417. The average Bonchev–Trinajstić information content (AvgIpc) is 2.86. The summed E-state index contributed by atoms with van der Waals surface area (Å²) in [4.78, 5) is 17.4. The maximum absolute atomic E-state index is 12.1. The highest BCUT2D eigenvalue weighted by Crippen LogP contribution is 2.33. The van der Waals surface area contributed by atoms with Crippen molar-refractivity contribution in [3.63, 3.8) is 0 Å². The molecule has 0 radical (unpaired) electrons. The average molecular weight is 304 g/mol. The van der Waals surface area contributed by atoms with Gasteiger partial charge in [-0.3, -0.25) is 9.63 Å². The summed E-state index contributed by atoms with van der Waals surface area (Å²) in [7, 11) is 0. The van der Waals surface area contributed by atoms with Crippen molar-refractivity contribution in [2.45, 2.75) is 19.4 Å². The first-order valence-electron chi connectivity index (χ1n) is 5.94. The maximum atomic E-state index is 12.1. The maximum Gasteiger partial charge on any atom is 0.243 e. The molecule has 0 aromatic heterocycles. The van der Waals surface area contributed by atoms with Crippen LogP contribution in [-0.2, 0) is 9.63 Å². The van der Waals surface area contributed by atoms with Gasteiger partial charge in [0.1, 0.15) is 6.04 Å². The van der Waals surface area contributed by atoms with E-state index in [1.165, 1.54) is 0 Å². The molecular weight excluding hydrogens is 289 g/mol. The van der Waals surface area contributed by atoms with Crippen molar-refractivity contribution >= 4 is 40.5 Å². The van der Waals surface area contributed by atoms with Crippen molar-refractivity contribution in [3.8, 4) is 0 Å². The van der Waals surface area contributed by atoms with Gasteiger partial charge in [-0.05, 0) is 25.5 Å². The van der Waals surface area contributed by atoms with Gasteiger partial charge in [-0.25, -0.2) is 0 Å². The third-order valence-corrected chi connectivity index (χ3v) is 3.50. The molecule has 1 aromatic carbocycles. The molecular formula is C12H15Cl2N3O2. The van der Waals surface area contributed by atoms with E-state index in [-0.39, 0.29) is 5.91 Å². The molecule has 1 saturated heterocycles. The fourth-order valence-electron chi connectivity index (χ4n) is 1.84. The number of nitrogens with two attached hydrogens (primary N) is 1. The lowest BCUT2D eigenvalue weighted by molar-refractivity contribution is -0.154. The SMILES string of the molecule is CC(C(=O)Nc1c(Cl)cc(N)cc1Cl)N1CCCO1. The summed E-state index contributed by atoms with van der Waals surface area (Å²) in [6, 6.07) is 2.67. The number of benzene rings is 1. The van der Waals surface area contributed by atoms with Gasteiger partial charge in [0.2, 0.25) is 5.91 Å². The van der Waals surface area contributed by atoms with E-state index in [9.17, 15) is 4.79 Å². The summed E-state index contributed by atoms with van der Waals surface area (Å²) in [5.74, 6) is -0.226. The molecule has 0 aliphatic carbocycles. The van der Waals surface area contributed by atoms with Crippen molar-refractivity contribution in [2.75, 3.05) is 24.2 Å². The zero-order valence-electron chi connectivity index (χ0n) is 10.5. The molecule has 1 atom stereocenters. The highest BCUT2D eigenvalue weighted by molar-refractivity contribution is 6.40. The Hall–Kier alpha value is -1.01. The van der Waals surface area contributed by atoms with E-state index < -0.39 is 6.04 Å². The number of halogens is 2. The van der Waals surface area contributed by atoms with Crippen LogP contribution in [-0.4, -0.2) is 30.2 Å². The molecule has 1 unspecified atom stereocenters. The number of hydroxylamine groups is 2. The first kappa shape index (κ1) is 14.4. The number of hydrogen-bond donors (Lipinski definition) is 2. The summed E-state index contributed by atoms with van der Waals surface area (Å²) in [5, 5.41) is 4.98. The molecule has 1 aliphatic heterocycles. The second kappa shape index (κ2) is 5.96. The molecule has 0 bridgehead atoms. The third-order valence-electron chi connectivity index (χ3n) is 2.90.